The Kier molecular flexibility index (Phi) is 5.16. The van der Waals surface area contributed by atoms with Gasteiger partial charge < -0.3 is 0 Å². The van der Waals surface area contributed by atoms with Gasteiger partial charge in [0.2, 0.25) is 5.91 Å². The van der Waals surface area contributed by atoms with E-state index >= 15 is 0 Å². The molecule has 2 rings (SSSR count). The molecule has 12 heteroatoms. The summed E-state index contributed by atoms with van der Waals surface area (Å²) in [5.41, 5.74) is -0.514. The highest BCUT2D eigenvalue weighted by Crippen LogP contribution is 2.31. The SMILES string of the molecule is CC(=O)NS(=O)(=O)N(c1ccc([N+](=O)[O-])cc1)c1ccc([N+](=O)[O-])cc1. The van der Waals surface area contributed by atoms with Crippen molar-refractivity contribution in [3.63, 3.8) is 0 Å². The molecule has 0 spiro atoms. The molecule has 1 N–H and O–H groups in total. The fourth-order valence-corrected chi connectivity index (χ4v) is 3.33. The molecule has 2 aromatic rings. The first-order valence-corrected chi connectivity index (χ1v) is 8.38. The summed E-state index contributed by atoms with van der Waals surface area (Å²) in [4.78, 5) is 31.4. The highest BCUT2D eigenvalue weighted by Gasteiger charge is 2.26. The van der Waals surface area contributed by atoms with Crippen molar-refractivity contribution in [2.45, 2.75) is 6.92 Å². The number of nitrogens with one attached hydrogen (secondary N) is 1. The predicted molar refractivity (Wildman–Crippen MR) is 91.1 cm³/mol. The zero-order valence-corrected chi connectivity index (χ0v) is 14.0. The molecular formula is C14H12N4O7S. The summed E-state index contributed by atoms with van der Waals surface area (Å²) >= 11 is 0. The molecular weight excluding hydrogens is 368 g/mol. The Morgan fingerprint density at radius 3 is 1.50 bits per heavy atom. The van der Waals surface area contributed by atoms with Crippen LogP contribution < -0.4 is 9.03 Å². The Bertz CT molecular complexity index is 898. The maximum atomic E-state index is 12.5. The third-order valence-electron chi connectivity index (χ3n) is 3.10. The second kappa shape index (κ2) is 7.14. The molecule has 0 aliphatic heterocycles. The highest BCUT2D eigenvalue weighted by atomic mass is 32.2. The largest absolute Gasteiger partial charge is 0.330 e. The van der Waals surface area contributed by atoms with Crippen molar-refractivity contribution in [3.8, 4) is 0 Å². The van der Waals surface area contributed by atoms with Gasteiger partial charge in [-0.25, -0.2) is 9.03 Å². The molecule has 11 nitrogen and oxygen atoms in total. The van der Waals surface area contributed by atoms with E-state index in [0.29, 0.717) is 4.31 Å². The molecule has 26 heavy (non-hydrogen) atoms. The number of non-ortho nitro benzene ring substituents is 2. The van der Waals surface area contributed by atoms with E-state index in [1.807, 2.05) is 0 Å². The number of rotatable bonds is 6. The van der Waals surface area contributed by atoms with Crippen LogP contribution in [0.4, 0.5) is 22.7 Å². The molecule has 0 aliphatic carbocycles. The zero-order chi connectivity index (χ0) is 19.5. The van der Waals surface area contributed by atoms with Crippen molar-refractivity contribution in [1.29, 1.82) is 0 Å². The quantitative estimate of drug-likeness (QED) is 0.594. The Morgan fingerprint density at radius 2 is 1.23 bits per heavy atom. The zero-order valence-electron chi connectivity index (χ0n) is 13.2. The van der Waals surface area contributed by atoms with Crippen molar-refractivity contribution in [1.82, 2.24) is 4.72 Å². The van der Waals surface area contributed by atoms with Crippen LogP contribution in [-0.4, -0.2) is 24.2 Å². The van der Waals surface area contributed by atoms with Crippen molar-refractivity contribution < 1.29 is 23.1 Å². The van der Waals surface area contributed by atoms with E-state index < -0.39 is 26.0 Å². The smallest absolute Gasteiger partial charge is 0.274 e. The van der Waals surface area contributed by atoms with Crippen LogP contribution in [0.2, 0.25) is 0 Å². The summed E-state index contributed by atoms with van der Waals surface area (Å²) in [7, 11) is -4.40. The fraction of sp³-hybridized carbons (Fsp3) is 0.0714. The second-order valence-corrected chi connectivity index (χ2v) is 6.49. The Morgan fingerprint density at radius 1 is 0.885 bits per heavy atom. The summed E-state index contributed by atoms with van der Waals surface area (Å²) in [5.74, 6) is -0.848. The molecule has 0 atom stereocenters. The third-order valence-corrected chi connectivity index (χ3v) is 4.55. The van der Waals surface area contributed by atoms with Crippen LogP contribution in [0.25, 0.3) is 0 Å². The van der Waals surface area contributed by atoms with Gasteiger partial charge >= 0.3 is 10.2 Å². The van der Waals surface area contributed by atoms with Crippen LogP contribution in [0.3, 0.4) is 0 Å². The van der Waals surface area contributed by atoms with Gasteiger partial charge in [0.1, 0.15) is 0 Å². The van der Waals surface area contributed by atoms with Gasteiger partial charge in [0.05, 0.1) is 21.2 Å². The lowest BCUT2D eigenvalue weighted by Gasteiger charge is -2.24. The molecule has 0 unspecified atom stereocenters. The number of carbonyl (C=O) groups excluding carboxylic acids is 1. The van der Waals surface area contributed by atoms with Gasteiger partial charge in [-0.15, -0.1) is 0 Å². The van der Waals surface area contributed by atoms with Crippen LogP contribution in [0, 0.1) is 20.2 Å². The molecule has 0 heterocycles. The van der Waals surface area contributed by atoms with Gasteiger partial charge in [-0.05, 0) is 24.3 Å². The number of carbonyl (C=O) groups is 1. The molecule has 2 aromatic carbocycles. The predicted octanol–water partition coefficient (Wildman–Crippen LogP) is 2.02. The number of amides is 1. The number of nitrogens with zero attached hydrogens (tertiary/aromatic N) is 3. The molecule has 0 bridgehead atoms. The van der Waals surface area contributed by atoms with Gasteiger partial charge in [-0.3, -0.25) is 25.0 Å². The monoisotopic (exact) mass is 380 g/mol. The van der Waals surface area contributed by atoms with Crippen molar-refractivity contribution >= 4 is 38.9 Å². The van der Waals surface area contributed by atoms with Gasteiger partial charge in [0, 0.05) is 31.2 Å². The van der Waals surface area contributed by atoms with Crippen LogP contribution in [0.15, 0.2) is 48.5 Å². The minimum Gasteiger partial charge on any atom is -0.274 e. The van der Waals surface area contributed by atoms with E-state index in [4.69, 9.17) is 0 Å². The number of nitro groups is 2. The number of benzene rings is 2. The van der Waals surface area contributed by atoms with Gasteiger partial charge in [-0.1, -0.05) is 0 Å². The summed E-state index contributed by atoms with van der Waals surface area (Å²) < 4.78 is 27.5. The molecule has 136 valence electrons. The first-order chi connectivity index (χ1) is 12.1. The van der Waals surface area contributed by atoms with Gasteiger partial charge in [0.25, 0.3) is 11.4 Å². The molecule has 0 fully saturated rings. The van der Waals surface area contributed by atoms with Crippen LogP contribution in [-0.2, 0) is 15.0 Å². The van der Waals surface area contributed by atoms with E-state index in [2.05, 4.69) is 0 Å². The Balaban J connectivity index is 2.56. The standard InChI is InChI=1S/C14H12N4O7S/c1-10(19)15-26(24,25)16(11-2-6-13(7-3-11)17(20)21)12-4-8-14(9-5-12)18(22)23/h2-9H,1H3,(H,15,19). The Hall–Kier alpha value is -3.54. The van der Waals surface area contributed by atoms with Crippen molar-refractivity contribution in [2.75, 3.05) is 4.31 Å². The maximum Gasteiger partial charge on any atom is 0.330 e. The molecule has 1 amide bonds. The van der Waals surface area contributed by atoms with E-state index in [1.165, 1.54) is 24.3 Å². The lowest BCUT2D eigenvalue weighted by molar-refractivity contribution is -0.385. The second-order valence-electron chi connectivity index (χ2n) is 4.97. The molecule has 0 saturated carbocycles. The topological polar surface area (TPSA) is 153 Å². The molecule has 0 aromatic heterocycles. The van der Waals surface area contributed by atoms with Crippen molar-refractivity contribution in [3.05, 3.63) is 68.8 Å². The number of hydrogen-bond acceptors (Lipinski definition) is 7. The van der Waals surface area contributed by atoms with E-state index in [0.717, 1.165) is 31.2 Å². The number of anilines is 2. The summed E-state index contributed by atoms with van der Waals surface area (Å²) in [6, 6.07) is 9.09. The van der Waals surface area contributed by atoms with Gasteiger partial charge in [-0.2, -0.15) is 8.42 Å². The summed E-state index contributed by atoms with van der Waals surface area (Å²) in [6.45, 7) is 1.00. The highest BCUT2D eigenvalue weighted by molar-refractivity contribution is 7.91. The van der Waals surface area contributed by atoms with Crippen LogP contribution in [0.1, 0.15) is 6.92 Å². The molecule has 0 saturated heterocycles. The first-order valence-electron chi connectivity index (χ1n) is 6.94. The van der Waals surface area contributed by atoms with E-state index in [9.17, 15) is 33.4 Å². The van der Waals surface area contributed by atoms with Crippen LogP contribution in [0.5, 0.6) is 0 Å². The average molecular weight is 380 g/mol. The summed E-state index contributed by atoms with van der Waals surface area (Å²) in [6.07, 6.45) is 0. The minimum absolute atomic E-state index is 0.00166. The Labute approximate surface area is 147 Å². The van der Waals surface area contributed by atoms with Crippen molar-refractivity contribution in [2.24, 2.45) is 0 Å². The van der Waals surface area contributed by atoms with E-state index in [-0.39, 0.29) is 22.7 Å². The number of hydrogen-bond donors (Lipinski definition) is 1. The fourth-order valence-electron chi connectivity index (χ4n) is 2.07. The lowest BCUT2D eigenvalue weighted by Crippen LogP contribution is -2.40. The summed E-state index contributed by atoms with van der Waals surface area (Å²) in [5, 5.41) is 21.5. The number of nitro benzene ring substituents is 2. The van der Waals surface area contributed by atoms with Crippen LogP contribution >= 0.6 is 0 Å². The maximum absolute atomic E-state index is 12.5. The normalized spacial score (nSPS) is 10.8. The minimum atomic E-state index is -4.40. The van der Waals surface area contributed by atoms with E-state index in [1.54, 1.807) is 4.72 Å². The van der Waals surface area contributed by atoms with Gasteiger partial charge in [0.15, 0.2) is 0 Å². The molecule has 0 radical (unpaired) electrons. The average Bonchev–Trinajstić information content (AvgIpc) is 2.54. The first kappa shape index (κ1) is 18.8. The third kappa shape index (κ3) is 4.10. The lowest BCUT2D eigenvalue weighted by atomic mass is 10.2. The molecule has 0 aliphatic rings.